The molecule has 0 spiro atoms. The number of nitrogens with zero attached hydrogens (tertiary/aromatic N) is 2. The van der Waals surface area contributed by atoms with Gasteiger partial charge in [-0.25, -0.2) is 5.43 Å². The van der Waals surface area contributed by atoms with Crippen LogP contribution in [0.1, 0.15) is 23.8 Å². The number of nitro groups is 1. The second-order valence-electron chi connectivity index (χ2n) is 6.72. The van der Waals surface area contributed by atoms with Crippen LogP contribution in [-0.2, 0) is 4.79 Å². The van der Waals surface area contributed by atoms with Crippen molar-refractivity contribution >= 4 is 17.8 Å². The molecule has 0 unspecified atom stereocenters. The molecule has 2 aromatic carbocycles. The Morgan fingerprint density at radius 1 is 1.17 bits per heavy atom. The number of carbonyl (C=O) groups excluding carboxylic acids is 1. The van der Waals surface area contributed by atoms with Crippen LogP contribution in [0.4, 0.5) is 5.69 Å². The number of amides is 1. The van der Waals surface area contributed by atoms with Crippen LogP contribution in [0.5, 0.6) is 5.75 Å². The van der Waals surface area contributed by atoms with Crippen LogP contribution >= 0.6 is 0 Å². The third-order valence-electron chi connectivity index (χ3n) is 4.46. The lowest BCUT2D eigenvalue weighted by Gasteiger charge is -2.14. The number of furan rings is 1. The maximum Gasteiger partial charge on any atom is 0.280 e. The van der Waals surface area contributed by atoms with Crippen LogP contribution in [0, 0.1) is 24.0 Å². The number of hydrazone groups is 1. The van der Waals surface area contributed by atoms with Gasteiger partial charge in [0, 0.05) is 17.7 Å². The molecule has 1 N–H and O–H groups in total. The molecular weight excluding hydrogens is 386 g/mol. The molecule has 0 bridgehead atoms. The summed E-state index contributed by atoms with van der Waals surface area (Å²) in [6, 6.07) is 15.3. The minimum Gasteiger partial charge on any atom is -0.481 e. The van der Waals surface area contributed by atoms with Crippen molar-refractivity contribution in [2.24, 2.45) is 5.10 Å². The number of non-ortho nitro benzene ring substituents is 1. The van der Waals surface area contributed by atoms with Gasteiger partial charge in [-0.05, 0) is 50.1 Å². The van der Waals surface area contributed by atoms with Gasteiger partial charge in [0.1, 0.15) is 17.3 Å². The van der Waals surface area contributed by atoms with Crippen molar-refractivity contribution in [3.63, 3.8) is 0 Å². The van der Waals surface area contributed by atoms with E-state index >= 15 is 0 Å². The molecule has 3 rings (SSSR count). The second kappa shape index (κ2) is 9.04. The zero-order chi connectivity index (χ0) is 21.7. The van der Waals surface area contributed by atoms with Crippen LogP contribution < -0.4 is 10.2 Å². The second-order valence-corrected chi connectivity index (χ2v) is 6.72. The Morgan fingerprint density at radius 2 is 1.93 bits per heavy atom. The summed E-state index contributed by atoms with van der Waals surface area (Å²) in [5.41, 5.74) is 4.79. The van der Waals surface area contributed by atoms with Gasteiger partial charge in [-0.1, -0.05) is 24.3 Å². The highest BCUT2D eigenvalue weighted by atomic mass is 16.6. The molecule has 0 fully saturated rings. The molecule has 1 aromatic heterocycles. The fraction of sp³-hybridized carbons (Fsp3) is 0.182. The third-order valence-corrected chi connectivity index (χ3v) is 4.46. The van der Waals surface area contributed by atoms with E-state index in [9.17, 15) is 14.9 Å². The fourth-order valence-electron chi connectivity index (χ4n) is 2.74. The Morgan fingerprint density at radius 3 is 2.67 bits per heavy atom. The van der Waals surface area contributed by atoms with Crippen LogP contribution in [0.25, 0.3) is 11.3 Å². The highest BCUT2D eigenvalue weighted by Crippen LogP contribution is 2.28. The number of aryl methyl sites for hydroxylation is 2. The van der Waals surface area contributed by atoms with E-state index in [1.165, 1.54) is 18.3 Å². The van der Waals surface area contributed by atoms with E-state index in [0.29, 0.717) is 22.8 Å². The summed E-state index contributed by atoms with van der Waals surface area (Å²) < 4.78 is 11.3. The summed E-state index contributed by atoms with van der Waals surface area (Å²) in [6.45, 7) is 5.37. The van der Waals surface area contributed by atoms with Crippen LogP contribution in [-0.4, -0.2) is 23.1 Å². The first-order chi connectivity index (χ1) is 14.3. The Hall–Kier alpha value is -3.94. The summed E-state index contributed by atoms with van der Waals surface area (Å²) in [7, 11) is 0. The Bertz CT molecular complexity index is 1100. The molecule has 1 atom stereocenters. The molecule has 0 aliphatic rings. The quantitative estimate of drug-likeness (QED) is 0.355. The number of hydrogen-bond acceptors (Lipinski definition) is 6. The van der Waals surface area contributed by atoms with Gasteiger partial charge in [0.25, 0.3) is 11.6 Å². The average Bonchev–Trinajstić information content (AvgIpc) is 3.18. The highest BCUT2D eigenvalue weighted by Gasteiger charge is 2.15. The van der Waals surface area contributed by atoms with E-state index in [1.54, 1.807) is 31.2 Å². The van der Waals surface area contributed by atoms with Crippen molar-refractivity contribution in [3.05, 3.63) is 81.6 Å². The van der Waals surface area contributed by atoms with Gasteiger partial charge in [-0.15, -0.1) is 0 Å². The van der Waals surface area contributed by atoms with E-state index in [0.717, 1.165) is 11.1 Å². The van der Waals surface area contributed by atoms with Crippen molar-refractivity contribution in [3.8, 4) is 17.1 Å². The molecule has 1 amide bonds. The molecule has 8 nitrogen and oxygen atoms in total. The molecule has 30 heavy (non-hydrogen) atoms. The van der Waals surface area contributed by atoms with E-state index < -0.39 is 16.9 Å². The summed E-state index contributed by atoms with van der Waals surface area (Å²) in [5, 5.41) is 14.9. The molecule has 8 heteroatoms. The topological polar surface area (TPSA) is 107 Å². The lowest BCUT2D eigenvalue weighted by Crippen LogP contribution is -2.33. The molecule has 1 heterocycles. The fourth-order valence-corrected chi connectivity index (χ4v) is 2.74. The van der Waals surface area contributed by atoms with Gasteiger partial charge in [0.15, 0.2) is 6.10 Å². The van der Waals surface area contributed by atoms with E-state index in [1.807, 2.05) is 32.0 Å². The van der Waals surface area contributed by atoms with Gasteiger partial charge >= 0.3 is 0 Å². The van der Waals surface area contributed by atoms with Gasteiger partial charge in [0.2, 0.25) is 0 Å². The van der Waals surface area contributed by atoms with Gasteiger partial charge in [0.05, 0.1) is 11.1 Å². The van der Waals surface area contributed by atoms with Crippen LogP contribution in [0.2, 0.25) is 0 Å². The minimum absolute atomic E-state index is 0.0166. The monoisotopic (exact) mass is 407 g/mol. The largest absolute Gasteiger partial charge is 0.481 e. The Labute approximate surface area is 173 Å². The first-order valence-corrected chi connectivity index (χ1v) is 9.25. The number of benzene rings is 2. The summed E-state index contributed by atoms with van der Waals surface area (Å²) in [6.07, 6.45) is 0.622. The average molecular weight is 407 g/mol. The smallest absolute Gasteiger partial charge is 0.280 e. The van der Waals surface area contributed by atoms with Gasteiger partial charge in [-0.2, -0.15) is 5.10 Å². The van der Waals surface area contributed by atoms with Gasteiger partial charge < -0.3 is 9.15 Å². The number of ether oxygens (including phenoxy) is 1. The number of para-hydroxylation sites is 1. The third kappa shape index (κ3) is 4.91. The standard InChI is InChI=1S/C22H21N3O5/c1-14-8-9-17(25(27)28)12-19(14)21-11-10-18(30-21)13-23-24-22(26)16(3)29-20-7-5-4-6-15(20)2/h4-13,16H,1-3H3,(H,24,26)/b23-13-/t16-/m1/s1. The summed E-state index contributed by atoms with van der Waals surface area (Å²) in [4.78, 5) is 22.7. The van der Waals surface area contributed by atoms with Crippen molar-refractivity contribution in [1.29, 1.82) is 0 Å². The number of carbonyl (C=O) groups is 1. The molecule has 154 valence electrons. The number of rotatable bonds is 7. The first kappa shape index (κ1) is 20.8. The summed E-state index contributed by atoms with van der Waals surface area (Å²) in [5.74, 6) is 1.09. The van der Waals surface area contributed by atoms with E-state index in [2.05, 4.69) is 10.5 Å². The van der Waals surface area contributed by atoms with Crippen molar-refractivity contribution < 1.29 is 18.9 Å². The maximum atomic E-state index is 12.2. The van der Waals surface area contributed by atoms with Gasteiger partial charge in [-0.3, -0.25) is 14.9 Å². The molecule has 3 aromatic rings. The van der Waals surface area contributed by atoms with Crippen molar-refractivity contribution in [2.45, 2.75) is 26.9 Å². The predicted molar refractivity (Wildman–Crippen MR) is 113 cm³/mol. The summed E-state index contributed by atoms with van der Waals surface area (Å²) >= 11 is 0. The molecule has 0 saturated carbocycles. The highest BCUT2D eigenvalue weighted by molar-refractivity contribution is 5.83. The lowest BCUT2D eigenvalue weighted by atomic mass is 10.1. The number of hydrogen-bond donors (Lipinski definition) is 1. The lowest BCUT2D eigenvalue weighted by molar-refractivity contribution is -0.384. The molecular formula is C22H21N3O5. The molecule has 0 saturated heterocycles. The van der Waals surface area contributed by atoms with E-state index in [4.69, 9.17) is 9.15 Å². The zero-order valence-electron chi connectivity index (χ0n) is 16.8. The van der Waals surface area contributed by atoms with Crippen LogP contribution in [0.15, 0.2) is 64.1 Å². The SMILES string of the molecule is Cc1ccccc1O[C@H](C)C(=O)N/N=C\c1ccc(-c2cc([N+](=O)[O-])ccc2C)o1. The molecule has 0 aliphatic carbocycles. The number of nitrogens with one attached hydrogen (secondary N) is 1. The minimum atomic E-state index is -0.733. The maximum absolute atomic E-state index is 12.2. The van der Waals surface area contributed by atoms with Crippen molar-refractivity contribution in [1.82, 2.24) is 5.43 Å². The molecule has 0 radical (unpaired) electrons. The Balaban J connectivity index is 1.63. The number of nitro benzene ring substituents is 1. The van der Waals surface area contributed by atoms with E-state index in [-0.39, 0.29) is 5.69 Å². The normalized spacial score (nSPS) is 12.0. The Kier molecular flexibility index (Phi) is 6.26. The zero-order valence-corrected chi connectivity index (χ0v) is 16.8. The van der Waals surface area contributed by atoms with Crippen molar-refractivity contribution in [2.75, 3.05) is 0 Å². The first-order valence-electron chi connectivity index (χ1n) is 9.25. The molecule has 0 aliphatic heterocycles. The van der Waals surface area contributed by atoms with Crippen LogP contribution in [0.3, 0.4) is 0 Å². The predicted octanol–water partition coefficient (Wildman–Crippen LogP) is 4.39.